The molecule has 0 aliphatic carbocycles. The molecule has 13 rings (SSSR count). The molecule has 0 fully saturated rings. The van der Waals surface area contributed by atoms with Crippen molar-refractivity contribution in [3.05, 3.63) is 241 Å². The zero-order valence-corrected chi connectivity index (χ0v) is 48.4. The van der Waals surface area contributed by atoms with E-state index in [4.69, 9.17) is 17.9 Å². The van der Waals surface area contributed by atoms with Gasteiger partial charge in [-0.05, 0) is 115 Å². The third-order valence-corrected chi connectivity index (χ3v) is 15.5. The summed E-state index contributed by atoms with van der Waals surface area (Å²) in [6, 6.07) is 55.5. The fourth-order valence-electron chi connectivity index (χ4n) is 10.9. The van der Waals surface area contributed by atoms with Gasteiger partial charge in [-0.2, -0.15) is 18.2 Å². The predicted molar refractivity (Wildman–Crippen MR) is 326 cm³/mol. The van der Waals surface area contributed by atoms with Crippen LogP contribution in [0.1, 0.15) is 95.9 Å². The Hall–Kier alpha value is -8.31. The minimum atomic E-state index is -0.496. The van der Waals surface area contributed by atoms with E-state index in [0.29, 0.717) is 40.1 Å². The van der Waals surface area contributed by atoms with Crippen LogP contribution in [0, 0.1) is 24.4 Å². The second-order valence-electron chi connectivity index (χ2n) is 23.0. The number of hydrogen-bond acceptors (Lipinski definition) is 2. The third kappa shape index (κ3) is 9.23. The Bertz CT molecular complexity index is 4870. The number of para-hydroxylation sites is 5. The fraction of sp³-hybridized carbons (Fsp3) is 0.178. The summed E-state index contributed by atoms with van der Waals surface area (Å²) >= 11 is 0. The van der Waals surface area contributed by atoms with Crippen molar-refractivity contribution < 1.29 is 41.3 Å². The minimum absolute atomic E-state index is 0. The number of ether oxygens (including phenoxy) is 1. The second-order valence-corrected chi connectivity index (χ2v) is 23.0. The van der Waals surface area contributed by atoms with Crippen molar-refractivity contribution >= 4 is 54.6 Å². The average molecular weight is 1230 g/mol. The number of hydrogen-bond donors (Lipinski definition) is 0. The number of aromatic nitrogens is 5. The Morgan fingerprint density at radius 1 is 0.550 bits per heavy atom. The van der Waals surface area contributed by atoms with Crippen LogP contribution in [0.25, 0.3) is 99.8 Å². The van der Waals surface area contributed by atoms with Gasteiger partial charge < -0.3 is 18.4 Å². The van der Waals surface area contributed by atoms with E-state index in [-0.39, 0.29) is 83.8 Å². The Labute approximate surface area is 495 Å². The number of nitrogens with zero attached hydrogens (tertiary/aromatic N) is 5. The molecule has 4 heterocycles. The van der Waals surface area contributed by atoms with E-state index >= 15 is 0 Å². The molecule has 1 atom stereocenters. The van der Waals surface area contributed by atoms with E-state index in [2.05, 4.69) is 170 Å². The van der Waals surface area contributed by atoms with Gasteiger partial charge >= 0.3 is 0 Å². The van der Waals surface area contributed by atoms with Gasteiger partial charge in [-0.1, -0.05) is 195 Å². The standard InChI is InChI=1S/C73H63N5O.Pt/c1-47(2)48(3)50-37-38-74-70(41-50)78-66-36-33-55(77-64-29-15-13-25-60(64)61-26-14-16-30-65(61)77)44-63(66)62-35-34-57(45-69(62)78)79-56-24-19-23-54(43-56)75-46-76(68-32-18-17-31-67(68)75)71-58(49-21-11-10-12-22-49)27-20-28-59(71)51-39-52(72(4,5)6)42-53(40-51)73(7,8)9;/h10-42,44,47-48H,1-9H3;/q-2;/i13D,14D,15D,16D,25D,26D,29D,30D;. The Morgan fingerprint density at radius 2 is 1.20 bits per heavy atom. The van der Waals surface area contributed by atoms with Gasteiger partial charge in [0.15, 0.2) is 0 Å². The molecule has 0 amide bonds. The predicted octanol–water partition coefficient (Wildman–Crippen LogP) is 18.4. The topological polar surface area (TPSA) is 40.8 Å². The Balaban J connectivity index is 0.00000754. The Morgan fingerprint density at radius 3 is 1.90 bits per heavy atom. The van der Waals surface area contributed by atoms with Crippen LogP contribution in [0.4, 0.5) is 0 Å². The number of pyridine rings is 1. The molecule has 0 aliphatic heterocycles. The molecule has 0 aliphatic rings. The number of rotatable bonds is 10. The van der Waals surface area contributed by atoms with E-state index in [1.807, 2.05) is 76.0 Å². The zero-order chi connectivity index (χ0) is 61.3. The van der Waals surface area contributed by atoms with E-state index in [0.717, 1.165) is 60.8 Å². The molecule has 0 saturated heterocycles. The Kier molecular flexibility index (Phi) is 11.1. The molecule has 0 bridgehead atoms. The van der Waals surface area contributed by atoms with Gasteiger partial charge in [0.25, 0.3) is 6.33 Å². The summed E-state index contributed by atoms with van der Waals surface area (Å²) in [5, 5.41) is 1.52. The molecule has 0 spiro atoms. The van der Waals surface area contributed by atoms with E-state index in [1.54, 1.807) is 10.6 Å². The number of fused-ring (bicyclic) bond motifs is 7. The number of benzene rings is 9. The molecule has 80 heavy (non-hydrogen) atoms. The quantitative estimate of drug-likeness (QED) is 0.101. The first-order valence-corrected chi connectivity index (χ1v) is 27.0. The molecule has 0 saturated carbocycles. The molecule has 0 radical (unpaired) electrons. The molecule has 4 aromatic heterocycles. The van der Waals surface area contributed by atoms with Crippen LogP contribution in [0.15, 0.2) is 206 Å². The van der Waals surface area contributed by atoms with Crippen molar-refractivity contribution in [2.45, 2.75) is 79.1 Å². The monoisotopic (exact) mass is 1230 g/mol. The van der Waals surface area contributed by atoms with Gasteiger partial charge in [-0.15, -0.1) is 29.7 Å². The molecule has 7 heteroatoms. The van der Waals surface area contributed by atoms with E-state index < -0.39 is 24.2 Å². The maximum atomic E-state index is 9.19. The van der Waals surface area contributed by atoms with E-state index in [9.17, 15) is 2.74 Å². The molecule has 13 aromatic rings. The van der Waals surface area contributed by atoms with E-state index in [1.165, 1.54) is 11.1 Å². The maximum Gasteiger partial charge on any atom is 0.268 e. The smallest absolute Gasteiger partial charge is 0.268 e. The van der Waals surface area contributed by atoms with Gasteiger partial charge in [-0.25, -0.2) is 4.98 Å². The van der Waals surface area contributed by atoms with Crippen LogP contribution in [-0.2, 0) is 31.9 Å². The van der Waals surface area contributed by atoms with Gasteiger partial charge in [0.05, 0.1) is 38.7 Å². The summed E-state index contributed by atoms with van der Waals surface area (Å²) < 4.78 is 85.7. The SMILES string of the molecule is [2H]c1c([2H])c([2H])c2c(c1[2H])c1c([2H])c([2H])c([2H])c([2H])c1n2-c1ccc2c(c1)c1ccc(Oc3[c-]c(-n4[c-][n+](-c5c(-c6ccccc6)cccc5-c5cc(C(C)(C)C)cc(C(C)(C)C)c5)c5ccccc54)ccc3)[c-]c1n2-c1cc(C(C)C(C)C)ccn1.[Pt]. The zero-order valence-electron chi connectivity index (χ0n) is 54.1. The second kappa shape index (κ2) is 20.4. The van der Waals surface area contributed by atoms with Crippen LogP contribution in [0.5, 0.6) is 11.5 Å². The van der Waals surface area contributed by atoms with Crippen molar-refractivity contribution in [2.24, 2.45) is 5.92 Å². The molecule has 0 N–H and O–H groups in total. The normalized spacial score (nSPS) is 13.9. The van der Waals surface area contributed by atoms with Crippen LogP contribution in [-0.4, -0.2) is 18.7 Å². The fourth-order valence-corrected chi connectivity index (χ4v) is 10.9. The van der Waals surface area contributed by atoms with Gasteiger partial charge in [0, 0.05) is 60.7 Å². The molecular weight excluding hydrogens is 1160 g/mol. The summed E-state index contributed by atoms with van der Waals surface area (Å²) in [4.78, 5) is 4.95. The minimum Gasteiger partial charge on any atom is -0.510 e. The van der Waals surface area contributed by atoms with Crippen LogP contribution in [0.2, 0.25) is 0 Å². The van der Waals surface area contributed by atoms with Crippen molar-refractivity contribution in [3.63, 3.8) is 0 Å². The summed E-state index contributed by atoms with van der Waals surface area (Å²) in [5.41, 5.74) is 13.3. The first kappa shape index (κ1) is 43.6. The van der Waals surface area contributed by atoms with Crippen LogP contribution >= 0.6 is 0 Å². The molecule has 1 unspecified atom stereocenters. The first-order valence-electron chi connectivity index (χ1n) is 31.0. The third-order valence-electron chi connectivity index (χ3n) is 15.5. The molecule has 9 aromatic carbocycles. The van der Waals surface area contributed by atoms with Crippen molar-refractivity contribution in [1.82, 2.24) is 18.7 Å². The largest absolute Gasteiger partial charge is 0.510 e. The summed E-state index contributed by atoms with van der Waals surface area (Å²) in [6.07, 6.45) is 5.63. The molecule has 398 valence electrons. The average Bonchev–Trinajstić information content (AvgIpc) is 1.56. The van der Waals surface area contributed by atoms with Crippen LogP contribution in [0.3, 0.4) is 0 Å². The van der Waals surface area contributed by atoms with Crippen molar-refractivity contribution in [1.29, 1.82) is 0 Å². The van der Waals surface area contributed by atoms with Gasteiger partial charge in [-0.3, -0.25) is 4.57 Å². The number of imidazole rings is 1. The molecule has 6 nitrogen and oxygen atoms in total. The van der Waals surface area contributed by atoms with Gasteiger partial charge in [0.2, 0.25) is 0 Å². The summed E-state index contributed by atoms with van der Waals surface area (Å²) in [7, 11) is 0. The first-order chi connectivity index (χ1) is 41.5. The van der Waals surface area contributed by atoms with Crippen molar-refractivity contribution in [2.75, 3.05) is 0 Å². The van der Waals surface area contributed by atoms with Crippen LogP contribution < -0.4 is 9.30 Å². The van der Waals surface area contributed by atoms with Crippen molar-refractivity contribution in [3.8, 4) is 56.6 Å². The maximum absolute atomic E-state index is 9.19. The summed E-state index contributed by atoms with van der Waals surface area (Å²) in [6.45, 7) is 20.2. The summed E-state index contributed by atoms with van der Waals surface area (Å²) in [5.74, 6) is 2.06. The molecular formula is C73H63N5OPt-2. The van der Waals surface area contributed by atoms with Gasteiger partial charge in [0.1, 0.15) is 5.82 Å².